The van der Waals surface area contributed by atoms with E-state index in [1.54, 1.807) is 22.9 Å². The molecule has 0 saturated heterocycles. The molecule has 0 aliphatic rings. The van der Waals surface area contributed by atoms with E-state index in [0.717, 1.165) is 16.5 Å². The molecule has 27 heavy (non-hydrogen) atoms. The van der Waals surface area contributed by atoms with Crippen molar-refractivity contribution < 1.29 is 14.0 Å². The minimum absolute atomic E-state index is 0.114. The van der Waals surface area contributed by atoms with Crippen LogP contribution in [0.2, 0.25) is 0 Å². The molecule has 4 aromatic rings. The van der Waals surface area contributed by atoms with Crippen molar-refractivity contribution in [3.63, 3.8) is 0 Å². The Kier molecular flexibility index (Phi) is 4.58. The Morgan fingerprint density at radius 1 is 0.926 bits per heavy atom. The quantitative estimate of drug-likeness (QED) is 0.534. The molecule has 0 radical (unpaired) electrons. The summed E-state index contributed by atoms with van der Waals surface area (Å²) in [6, 6.07) is 20.6. The van der Waals surface area contributed by atoms with Crippen molar-refractivity contribution in [2.75, 3.05) is 0 Å². The third kappa shape index (κ3) is 3.53. The van der Waals surface area contributed by atoms with E-state index in [4.69, 9.17) is 4.42 Å². The third-order valence-electron chi connectivity index (χ3n) is 4.42. The van der Waals surface area contributed by atoms with E-state index in [9.17, 15) is 9.59 Å². The molecule has 0 spiro atoms. The second kappa shape index (κ2) is 7.33. The van der Waals surface area contributed by atoms with Crippen LogP contribution in [-0.4, -0.2) is 16.3 Å². The highest BCUT2D eigenvalue weighted by Gasteiger charge is 2.19. The lowest BCUT2D eigenvalue weighted by atomic mass is 10.1. The summed E-state index contributed by atoms with van der Waals surface area (Å²) in [5, 5.41) is 3.72. The average Bonchev–Trinajstić information content (AvgIpc) is 3.36. The molecule has 1 amide bonds. The summed E-state index contributed by atoms with van der Waals surface area (Å²) in [5.74, 6) is -0.0253. The SMILES string of the molecule is O=C(Cn1cc(C(=O)c2ccco2)c2ccccc21)NCc1ccccc1. The van der Waals surface area contributed by atoms with Gasteiger partial charge in [-0.15, -0.1) is 0 Å². The fraction of sp³-hybridized carbons (Fsp3) is 0.0909. The van der Waals surface area contributed by atoms with Crippen LogP contribution in [0.25, 0.3) is 10.9 Å². The predicted molar refractivity (Wildman–Crippen MR) is 102 cm³/mol. The Labute approximate surface area is 156 Å². The number of ketones is 1. The first kappa shape index (κ1) is 16.8. The van der Waals surface area contributed by atoms with E-state index in [1.165, 1.54) is 6.26 Å². The number of rotatable bonds is 6. The number of furan rings is 1. The molecule has 0 unspecified atom stereocenters. The highest BCUT2D eigenvalue weighted by Crippen LogP contribution is 2.24. The molecular weight excluding hydrogens is 340 g/mol. The largest absolute Gasteiger partial charge is 0.461 e. The van der Waals surface area contributed by atoms with Crippen LogP contribution in [-0.2, 0) is 17.9 Å². The van der Waals surface area contributed by atoms with Gasteiger partial charge >= 0.3 is 0 Å². The maximum atomic E-state index is 12.7. The molecule has 1 N–H and O–H groups in total. The smallest absolute Gasteiger partial charge is 0.240 e. The lowest BCUT2D eigenvalue weighted by molar-refractivity contribution is -0.121. The second-order valence-corrected chi connectivity index (χ2v) is 6.26. The highest BCUT2D eigenvalue weighted by atomic mass is 16.3. The van der Waals surface area contributed by atoms with Gasteiger partial charge in [-0.2, -0.15) is 0 Å². The monoisotopic (exact) mass is 358 g/mol. The van der Waals surface area contributed by atoms with Crippen molar-refractivity contribution >= 4 is 22.6 Å². The van der Waals surface area contributed by atoms with Gasteiger partial charge < -0.3 is 14.3 Å². The van der Waals surface area contributed by atoms with Gasteiger partial charge in [0.05, 0.1) is 11.8 Å². The molecule has 2 heterocycles. The average molecular weight is 358 g/mol. The van der Waals surface area contributed by atoms with Crippen LogP contribution in [0.15, 0.2) is 83.6 Å². The van der Waals surface area contributed by atoms with Crippen LogP contribution in [0.4, 0.5) is 0 Å². The molecule has 0 fully saturated rings. The van der Waals surface area contributed by atoms with Crippen LogP contribution in [0.3, 0.4) is 0 Å². The van der Waals surface area contributed by atoms with E-state index >= 15 is 0 Å². The van der Waals surface area contributed by atoms with E-state index in [-0.39, 0.29) is 24.0 Å². The van der Waals surface area contributed by atoms with Crippen molar-refractivity contribution in [2.24, 2.45) is 0 Å². The zero-order valence-corrected chi connectivity index (χ0v) is 14.6. The summed E-state index contributed by atoms with van der Waals surface area (Å²) in [4.78, 5) is 25.1. The van der Waals surface area contributed by atoms with Gasteiger partial charge in [0.2, 0.25) is 11.7 Å². The second-order valence-electron chi connectivity index (χ2n) is 6.26. The minimum atomic E-state index is -0.195. The normalized spacial score (nSPS) is 10.8. The fourth-order valence-corrected chi connectivity index (χ4v) is 3.11. The molecule has 134 valence electrons. The van der Waals surface area contributed by atoms with E-state index in [2.05, 4.69) is 5.32 Å². The summed E-state index contributed by atoms with van der Waals surface area (Å²) in [6.07, 6.45) is 3.20. The maximum Gasteiger partial charge on any atom is 0.240 e. The molecule has 5 heteroatoms. The summed E-state index contributed by atoms with van der Waals surface area (Å²) < 4.78 is 7.04. The number of nitrogens with zero attached hydrogens (tertiary/aromatic N) is 1. The van der Waals surface area contributed by atoms with Crippen molar-refractivity contribution in [1.29, 1.82) is 0 Å². The number of hydrogen-bond donors (Lipinski definition) is 1. The molecular formula is C22H18N2O3. The molecule has 0 aliphatic heterocycles. The number of para-hydroxylation sites is 1. The Balaban J connectivity index is 1.57. The van der Waals surface area contributed by atoms with Crippen LogP contribution in [0.1, 0.15) is 21.7 Å². The van der Waals surface area contributed by atoms with Gasteiger partial charge in [-0.1, -0.05) is 48.5 Å². The van der Waals surface area contributed by atoms with Gasteiger partial charge in [-0.3, -0.25) is 9.59 Å². The predicted octanol–water partition coefficient (Wildman–Crippen LogP) is 3.78. The van der Waals surface area contributed by atoms with E-state index in [1.807, 2.05) is 54.6 Å². The Bertz CT molecular complexity index is 1080. The molecule has 2 aromatic carbocycles. The standard InChI is InChI=1S/C22H18N2O3/c25-21(23-13-16-7-2-1-3-8-16)15-24-14-18(17-9-4-5-10-19(17)24)22(26)20-11-6-12-27-20/h1-12,14H,13,15H2,(H,23,25). The van der Waals surface area contributed by atoms with Gasteiger partial charge in [-0.25, -0.2) is 0 Å². The van der Waals surface area contributed by atoms with Crippen LogP contribution in [0.5, 0.6) is 0 Å². The molecule has 4 rings (SSSR count). The number of aromatic nitrogens is 1. The number of carbonyl (C=O) groups is 2. The molecule has 0 saturated carbocycles. The van der Waals surface area contributed by atoms with Crippen molar-refractivity contribution in [3.05, 3.63) is 96.1 Å². The molecule has 0 atom stereocenters. The molecule has 0 bridgehead atoms. The van der Waals surface area contributed by atoms with Gasteiger partial charge in [0.15, 0.2) is 5.76 Å². The summed E-state index contributed by atoms with van der Waals surface area (Å²) >= 11 is 0. The minimum Gasteiger partial charge on any atom is -0.461 e. The van der Waals surface area contributed by atoms with Crippen molar-refractivity contribution in [1.82, 2.24) is 9.88 Å². The first-order valence-corrected chi connectivity index (χ1v) is 8.69. The van der Waals surface area contributed by atoms with E-state index in [0.29, 0.717) is 12.1 Å². The Morgan fingerprint density at radius 2 is 1.70 bits per heavy atom. The van der Waals surface area contributed by atoms with Gasteiger partial charge in [0, 0.05) is 23.6 Å². The third-order valence-corrected chi connectivity index (χ3v) is 4.42. The summed E-state index contributed by atoms with van der Waals surface area (Å²) in [7, 11) is 0. The fourth-order valence-electron chi connectivity index (χ4n) is 3.11. The van der Waals surface area contributed by atoms with Gasteiger partial charge in [-0.05, 0) is 23.8 Å². The maximum absolute atomic E-state index is 12.7. The number of benzene rings is 2. The zero-order chi connectivity index (χ0) is 18.6. The number of hydrogen-bond acceptors (Lipinski definition) is 3. The molecule has 5 nitrogen and oxygen atoms in total. The first-order chi connectivity index (χ1) is 13.2. The van der Waals surface area contributed by atoms with Crippen molar-refractivity contribution in [2.45, 2.75) is 13.1 Å². The topological polar surface area (TPSA) is 64.2 Å². The van der Waals surface area contributed by atoms with Crippen LogP contribution >= 0.6 is 0 Å². The lowest BCUT2D eigenvalue weighted by Gasteiger charge is -2.07. The zero-order valence-electron chi connectivity index (χ0n) is 14.6. The number of nitrogens with one attached hydrogen (secondary N) is 1. The lowest BCUT2D eigenvalue weighted by Crippen LogP contribution is -2.26. The van der Waals surface area contributed by atoms with Gasteiger partial charge in [0.25, 0.3) is 0 Å². The Morgan fingerprint density at radius 3 is 2.48 bits per heavy atom. The molecule has 0 aliphatic carbocycles. The van der Waals surface area contributed by atoms with Gasteiger partial charge in [0.1, 0.15) is 6.54 Å². The van der Waals surface area contributed by atoms with Crippen LogP contribution in [0, 0.1) is 0 Å². The number of fused-ring (bicyclic) bond motifs is 1. The first-order valence-electron chi connectivity index (χ1n) is 8.69. The number of amides is 1. The Hall–Kier alpha value is -3.60. The van der Waals surface area contributed by atoms with Crippen LogP contribution < -0.4 is 5.32 Å². The summed E-state index contributed by atoms with van der Waals surface area (Å²) in [6.45, 7) is 0.607. The van der Waals surface area contributed by atoms with E-state index < -0.39 is 0 Å². The summed E-state index contributed by atoms with van der Waals surface area (Å²) in [5.41, 5.74) is 2.40. The molecule has 2 aromatic heterocycles. The van der Waals surface area contributed by atoms with Crippen molar-refractivity contribution in [3.8, 4) is 0 Å². The number of carbonyl (C=O) groups excluding carboxylic acids is 2. The highest BCUT2D eigenvalue weighted by molar-refractivity contribution is 6.15.